The minimum atomic E-state index is 0.0837. The van der Waals surface area contributed by atoms with Crippen LogP contribution in [0.5, 0.6) is 0 Å². The quantitative estimate of drug-likeness (QED) is 0.640. The summed E-state index contributed by atoms with van der Waals surface area (Å²) >= 11 is 0. The van der Waals surface area contributed by atoms with Gasteiger partial charge in [0.15, 0.2) is 0 Å². The largest absolute Gasteiger partial charge is 0.360 e. The van der Waals surface area contributed by atoms with Gasteiger partial charge in [0.25, 0.3) is 0 Å². The second kappa shape index (κ2) is 2.96. The number of hydrogen-bond donors (Lipinski definition) is 1. The summed E-state index contributed by atoms with van der Waals surface area (Å²) in [4.78, 5) is 0. The van der Waals surface area contributed by atoms with Crippen molar-refractivity contribution in [2.45, 2.75) is 51.2 Å². The summed E-state index contributed by atoms with van der Waals surface area (Å²) in [5.74, 6) is 0.905. The molecule has 80 valence electrons. The van der Waals surface area contributed by atoms with E-state index in [9.17, 15) is 0 Å². The summed E-state index contributed by atoms with van der Waals surface area (Å²) in [6.07, 6.45) is 7.88. The first-order valence-corrected chi connectivity index (χ1v) is 6.11. The van der Waals surface area contributed by atoms with E-state index in [1.807, 2.05) is 0 Å². The fourth-order valence-electron chi connectivity index (χ4n) is 2.79. The molecule has 0 bridgehead atoms. The molecule has 3 fully saturated rings. The van der Waals surface area contributed by atoms with Gasteiger partial charge in [-0.05, 0) is 44.4 Å². The van der Waals surface area contributed by atoms with Crippen molar-refractivity contribution < 1.29 is 4.74 Å². The summed E-state index contributed by atoms with van der Waals surface area (Å²) in [7, 11) is 0. The normalized spacial score (nSPS) is 45.6. The molecule has 0 radical (unpaired) electrons. The number of rotatable bonds is 0. The van der Waals surface area contributed by atoms with Crippen LogP contribution in [0.1, 0.15) is 45.4 Å². The smallest absolute Gasteiger partial charge is 0.119 e. The molecule has 0 aromatic carbocycles. The Morgan fingerprint density at radius 2 is 1.86 bits per heavy atom. The predicted molar refractivity (Wildman–Crippen MR) is 56.0 cm³/mol. The van der Waals surface area contributed by atoms with Gasteiger partial charge in [0.05, 0.1) is 6.61 Å². The summed E-state index contributed by atoms with van der Waals surface area (Å²) in [6.45, 7) is 4.59. The van der Waals surface area contributed by atoms with E-state index >= 15 is 0 Å². The molecule has 2 heteroatoms. The Kier molecular flexibility index (Phi) is 1.94. The molecule has 2 nitrogen and oxygen atoms in total. The van der Waals surface area contributed by atoms with Gasteiger partial charge >= 0.3 is 0 Å². The second-order valence-electron chi connectivity index (χ2n) is 5.82. The highest BCUT2D eigenvalue weighted by Crippen LogP contribution is 2.49. The maximum absolute atomic E-state index is 6.12. The monoisotopic (exact) mass is 195 g/mol. The summed E-state index contributed by atoms with van der Waals surface area (Å²) in [5, 5.41) is 3.69. The van der Waals surface area contributed by atoms with E-state index in [0.29, 0.717) is 5.41 Å². The zero-order valence-electron chi connectivity index (χ0n) is 9.14. The molecule has 0 unspecified atom stereocenters. The Bertz CT molecular complexity index is 214. The number of ether oxygens (including phenoxy) is 1. The zero-order chi connectivity index (χ0) is 9.65. The second-order valence-corrected chi connectivity index (χ2v) is 5.82. The van der Waals surface area contributed by atoms with Crippen LogP contribution in [0.4, 0.5) is 0 Å². The summed E-state index contributed by atoms with van der Waals surface area (Å²) in [6, 6.07) is 0. The standard InChI is InChI=1S/C12H21NO/c1-10-2-4-12(5-3-10)13-8-11(6-7-11)9-14-12/h10,13H,2-9H2,1H3. The van der Waals surface area contributed by atoms with Crippen LogP contribution in [0, 0.1) is 11.3 Å². The molecule has 1 saturated heterocycles. The average Bonchev–Trinajstić information content (AvgIpc) is 2.97. The molecule has 2 saturated carbocycles. The third kappa shape index (κ3) is 1.49. The third-order valence-corrected chi connectivity index (χ3v) is 4.48. The summed E-state index contributed by atoms with van der Waals surface area (Å²) < 4.78 is 6.12. The van der Waals surface area contributed by atoms with E-state index in [2.05, 4.69) is 12.2 Å². The molecule has 3 aliphatic rings. The molecular formula is C12H21NO. The molecular weight excluding hydrogens is 174 g/mol. The molecule has 1 heterocycles. The molecule has 2 spiro atoms. The molecule has 0 aromatic heterocycles. The fourth-order valence-corrected chi connectivity index (χ4v) is 2.79. The molecule has 0 atom stereocenters. The van der Waals surface area contributed by atoms with Crippen molar-refractivity contribution in [1.29, 1.82) is 0 Å². The topological polar surface area (TPSA) is 21.3 Å². The van der Waals surface area contributed by atoms with E-state index in [4.69, 9.17) is 4.74 Å². The molecule has 1 N–H and O–H groups in total. The van der Waals surface area contributed by atoms with Gasteiger partial charge in [-0.15, -0.1) is 0 Å². The van der Waals surface area contributed by atoms with E-state index < -0.39 is 0 Å². The number of nitrogens with one attached hydrogen (secondary N) is 1. The van der Waals surface area contributed by atoms with Crippen molar-refractivity contribution >= 4 is 0 Å². The molecule has 0 amide bonds. The van der Waals surface area contributed by atoms with Crippen molar-refractivity contribution in [1.82, 2.24) is 5.32 Å². The highest BCUT2D eigenvalue weighted by Gasteiger charge is 2.50. The van der Waals surface area contributed by atoms with Gasteiger partial charge in [-0.3, -0.25) is 5.32 Å². The average molecular weight is 195 g/mol. The van der Waals surface area contributed by atoms with Crippen LogP contribution in [0.25, 0.3) is 0 Å². The highest BCUT2D eigenvalue weighted by molar-refractivity contribution is 5.01. The van der Waals surface area contributed by atoms with Crippen LogP contribution in [-0.4, -0.2) is 18.9 Å². The van der Waals surface area contributed by atoms with Gasteiger partial charge in [0, 0.05) is 12.0 Å². The maximum Gasteiger partial charge on any atom is 0.119 e. The van der Waals surface area contributed by atoms with Crippen molar-refractivity contribution in [3.05, 3.63) is 0 Å². The first-order valence-electron chi connectivity index (χ1n) is 6.11. The van der Waals surface area contributed by atoms with Crippen LogP contribution in [-0.2, 0) is 4.74 Å². The minimum absolute atomic E-state index is 0.0837. The lowest BCUT2D eigenvalue weighted by atomic mass is 9.83. The van der Waals surface area contributed by atoms with Gasteiger partial charge in [0.2, 0.25) is 0 Å². The lowest BCUT2D eigenvalue weighted by Crippen LogP contribution is -2.57. The van der Waals surface area contributed by atoms with Crippen LogP contribution < -0.4 is 5.32 Å². The Morgan fingerprint density at radius 3 is 2.36 bits per heavy atom. The van der Waals surface area contributed by atoms with Gasteiger partial charge < -0.3 is 4.74 Å². The molecule has 0 aromatic rings. The molecule has 3 rings (SSSR count). The molecule has 1 aliphatic heterocycles. The number of hydrogen-bond acceptors (Lipinski definition) is 2. The SMILES string of the molecule is CC1CCC2(CC1)NCC1(CC1)CO2. The Morgan fingerprint density at radius 1 is 1.14 bits per heavy atom. The van der Waals surface area contributed by atoms with Crippen LogP contribution in [0.15, 0.2) is 0 Å². The first kappa shape index (κ1) is 9.17. The molecule has 14 heavy (non-hydrogen) atoms. The predicted octanol–water partition coefficient (Wildman–Crippen LogP) is 2.29. The van der Waals surface area contributed by atoms with E-state index in [-0.39, 0.29) is 5.72 Å². The van der Waals surface area contributed by atoms with Crippen LogP contribution in [0.2, 0.25) is 0 Å². The van der Waals surface area contributed by atoms with Crippen molar-refractivity contribution in [2.75, 3.05) is 13.2 Å². The van der Waals surface area contributed by atoms with Crippen molar-refractivity contribution in [3.63, 3.8) is 0 Å². The third-order valence-electron chi connectivity index (χ3n) is 4.48. The Hall–Kier alpha value is -0.0800. The zero-order valence-corrected chi connectivity index (χ0v) is 9.14. The van der Waals surface area contributed by atoms with Crippen LogP contribution in [0.3, 0.4) is 0 Å². The minimum Gasteiger partial charge on any atom is -0.360 e. The van der Waals surface area contributed by atoms with E-state index in [1.54, 1.807) is 0 Å². The van der Waals surface area contributed by atoms with E-state index in [1.165, 1.54) is 45.1 Å². The van der Waals surface area contributed by atoms with Gasteiger partial charge in [-0.25, -0.2) is 0 Å². The lowest BCUT2D eigenvalue weighted by Gasteiger charge is -2.45. The first-order chi connectivity index (χ1) is 6.72. The van der Waals surface area contributed by atoms with Gasteiger partial charge in [-0.1, -0.05) is 6.92 Å². The van der Waals surface area contributed by atoms with Gasteiger partial charge in [0.1, 0.15) is 5.72 Å². The van der Waals surface area contributed by atoms with Crippen molar-refractivity contribution in [3.8, 4) is 0 Å². The van der Waals surface area contributed by atoms with Gasteiger partial charge in [-0.2, -0.15) is 0 Å². The lowest BCUT2D eigenvalue weighted by molar-refractivity contribution is -0.145. The Balaban J connectivity index is 1.62. The highest BCUT2D eigenvalue weighted by atomic mass is 16.5. The van der Waals surface area contributed by atoms with Crippen LogP contribution >= 0.6 is 0 Å². The Labute approximate surface area is 86.4 Å². The summed E-state index contributed by atoms with van der Waals surface area (Å²) in [5.41, 5.74) is 0.647. The fraction of sp³-hybridized carbons (Fsp3) is 1.00. The molecule has 2 aliphatic carbocycles. The van der Waals surface area contributed by atoms with Crippen molar-refractivity contribution in [2.24, 2.45) is 11.3 Å². The van der Waals surface area contributed by atoms with E-state index in [0.717, 1.165) is 12.5 Å². The maximum atomic E-state index is 6.12.